The summed E-state index contributed by atoms with van der Waals surface area (Å²) in [5.74, 6) is 0.357. The van der Waals surface area contributed by atoms with Gasteiger partial charge in [0.1, 0.15) is 5.75 Å². The predicted octanol–water partition coefficient (Wildman–Crippen LogP) is 6.60. The van der Waals surface area contributed by atoms with E-state index in [2.05, 4.69) is 65.0 Å². The van der Waals surface area contributed by atoms with Crippen molar-refractivity contribution in [2.75, 3.05) is 0 Å². The molecular weight excluding hydrogens is 344 g/mol. The normalized spacial score (nSPS) is 12.4. The van der Waals surface area contributed by atoms with E-state index in [-0.39, 0.29) is 5.41 Å². The van der Waals surface area contributed by atoms with Gasteiger partial charge in [-0.2, -0.15) is 0 Å². The molecule has 154 valence electrons. The van der Waals surface area contributed by atoms with E-state index < -0.39 is 5.60 Å². The minimum absolute atomic E-state index is 0.0463. The summed E-state index contributed by atoms with van der Waals surface area (Å²) in [6.45, 7) is 12.8. The Morgan fingerprint density at radius 3 is 1.75 bits per heavy atom. The molecule has 0 aliphatic rings. The SMILES string of the molecule is CCC(O)(CC)CCc1ccc(C(CC)(CC)c2ccc(O)c(C)c2)cc1C. The van der Waals surface area contributed by atoms with Crippen LogP contribution in [0.25, 0.3) is 0 Å². The van der Waals surface area contributed by atoms with Gasteiger partial charge in [0, 0.05) is 5.41 Å². The van der Waals surface area contributed by atoms with E-state index in [9.17, 15) is 10.2 Å². The quantitative estimate of drug-likeness (QED) is 0.513. The van der Waals surface area contributed by atoms with Gasteiger partial charge >= 0.3 is 0 Å². The second kappa shape index (κ2) is 9.13. The van der Waals surface area contributed by atoms with Gasteiger partial charge in [-0.15, -0.1) is 0 Å². The van der Waals surface area contributed by atoms with E-state index in [1.165, 1.54) is 22.3 Å². The molecule has 0 atom stereocenters. The first-order chi connectivity index (χ1) is 13.2. The lowest BCUT2D eigenvalue weighted by molar-refractivity contribution is 0.0239. The van der Waals surface area contributed by atoms with Crippen LogP contribution in [0.3, 0.4) is 0 Å². The van der Waals surface area contributed by atoms with Crippen molar-refractivity contribution < 1.29 is 10.2 Å². The molecule has 0 unspecified atom stereocenters. The third-order valence-electron chi connectivity index (χ3n) is 7.03. The van der Waals surface area contributed by atoms with Crippen molar-refractivity contribution in [3.05, 3.63) is 64.2 Å². The number of hydrogen-bond donors (Lipinski definition) is 2. The van der Waals surface area contributed by atoms with Gasteiger partial charge in [-0.05, 0) is 86.3 Å². The Bertz CT molecular complexity index is 783. The van der Waals surface area contributed by atoms with Crippen molar-refractivity contribution in [1.29, 1.82) is 0 Å². The molecule has 0 bridgehead atoms. The summed E-state index contributed by atoms with van der Waals surface area (Å²) < 4.78 is 0. The summed E-state index contributed by atoms with van der Waals surface area (Å²) in [5.41, 5.74) is 5.56. The van der Waals surface area contributed by atoms with E-state index in [1.54, 1.807) is 0 Å². The average molecular weight is 383 g/mol. The van der Waals surface area contributed by atoms with Crippen molar-refractivity contribution in [3.63, 3.8) is 0 Å². The smallest absolute Gasteiger partial charge is 0.118 e. The Hall–Kier alpha value is -1.80. The Balaban J connectivity index is 2.38. The first-order valence-corrected chi connectivity index (χ1v) is 10.9. The summed E-state index contributed by atoms with van der Waals surface area (Å²) in [7, 11) is 0. The van der Waals surface area contributed by atoms with Crippen LogP contribution in [0, 0.1) is 13.8 Å². The molecule has 0 spiro atoms. The minimum Gasteiger partial charge on any atom is -0.508 e. The average Bonchev–Trinajstić information content (AvgIpc) is 2.71. The summed E-state index contributed by atoms with van der Waals surface area (Å²) in [5, 5.41) is 20.6. The number of aliphatic hydroxyl groups is 1. The molecule has 2 heteroatoms. The van der Waals surface area contributed by atoms with Gasteiger partial charge in [-0.25, -0.2) is 0 Å². The highest BCUT2D eigenvalue weighted by Gasteiger charge is 2.31. The number of aromatic hydroxyl groups is 1. The molecule has 28 heavy (non-hydrogen) atoms. The minimum atomic E-state index is -0.550. The van der Waals surface area contributed by atoms with Crippen LogP contribution in [0.2, 0.25) is 0 Å². The number of phenolic OH excluding ortho intramolecular Hbond substituents is 1. The first-order valence-electron chi connectivity index (χ1n) is 10.9. The Kier molecular flexibility index (Phi) is 7.33. The number of aryl methyl sites for hydroxylation is 3. The fourth-order valence-electron chi connectivity index (χ4n) is 4.43. The molecule has 2 aromatic rings. The maximum atomic E-state index is 10.6. The van der Waals surface area contributed by atoms with Crippen molar-refractivity contribution in [2.24, 2.45) is 0 Å². The number of hydrogen-bond acceptors (Lipinski definition) is 2. The van der Waals surface area contributed by atoms with Crippen LogP contribution in [-0.4, -0.2) is 15.8 Å². The van der Waals surface area contributed by atoms with Gasteiger partial charge in [0.25, 0.3) is 0 Å². The van der Waals surface area contributed by atoms with Crippen molar-refractivity contribution in [1.82, 2.24) is 0 Å². The fraction of sp³-hybridized carbons (Fsp3) is 0.538. The predicted molar refractivity (Wildman–Crippen MR) is 119 cm³/mol. The highest BCUT2D eigenvalue weighted by Crippen LogP contribution is 2.41. The number of benzene rings is 2. The van der Waals surface area contributed by atoms with Crippen molar-refractivity contribution in [2.45, 2.75) is 91.1 Å². The molecule has 0 heterocycles. The first kappa shape index (κ1) is 22.5. The van der Waals surface area contributed by atoms with Crippen LogP contribution in [0.4, 0.5) is 0 Å². The monoisotopic (exact) mass is 382 g/mol. The topological polar surface area (TPSA) is 40.5 Å². The molecule has 2 N–H and O–H groups in total. The maximum absolute atomic E-state index is 10.6. The lowest BCUT2D eigenvalue weighted by Crippen LogP contribution is -2.28. The Morgan fingerprint density at radius 1 is 0.750 bits per heavy atom. The zero-order chi connectivity index (χ0) is 20.9. The van der Waals surface area contributed by atoms with Gasteiger partial charge in [-0.1, -0.05) is 58.0 Å². The summed E-state index contributed by atoms with van der Waals surface area (Å²) >= 11 is 0. The summed E-state index contributed by atoms with van der Waals surface area (Å²) in [6.07, 6.45) is 5.35. The van der Waals surface area contributed by atoms with Crippen molar-refractivity contribution >= 4 is 0 Å². The molecule has 0 saturated heterocycles. The maximum Gasteiger partial charge on any atom is 0.118 e. The molecule has 0 radical (unpaired) electrons. The third-order valence-corrected chi connectivity index (χ3v) is 7.03. The van der Waals surface area contributed by atoms with Gasteiger partial charge in [0.05, 0.1) is 5.60 Å². The molecule has 0 saturated carbocycles. The van der Waals surface area contributed by atoms with Crippen LogP contribution in [0.1, 0.15) is 87.6 Å². The second-order valence-electron chi connectivity index (χ2n) is 8.36. The van der Waals surface area contributed by atoms with Crippen LogP contribution >= 0.6 is 0 Å². The number of rotatable bonds is 9. The molecule has 0 aromatic heterocycles. The summed E-state index contributed by atoms with van der Waals surface area (Å²) in [4.78, 5) is 0. The second-order valence-corrected chi connectivity index (χ2v) is 8.36. The molecule has 2 rings (SSSR count). The van der Waals surface area contributed by atoms with E-state index in [1.807, 2.05) is 13.0 Å². The largest absolute Gasteiger partial charge is 0.508 e. The van der Waals surface area contributed by atoms with E-state index in [4.69, 9.17) is 0 Å². The van der Waals surface area contributed by atoms with E-state index in [0.29, 0.717) is 5.75 Å². The Morgan fingerprint density at radius 2 is 1.29 bits per heavy atom. The van der Waals surface area contributed by atoms with Gasteiger partial charge in [-0.3, -0.25) is 0 Å². The van der Waals surface area contributed by atoms with Gasteiger partial charge in [0.15, 0.2) is 0 Å². The molecule has 0 aliphatic heterocycles. The lowest BCUT2D eigenvalue weighted by Gasteiger charge is -2.34. The van der Waals surface area contributed by atoms with Gasteiger partial charge in [0.2, 0.25) is 0 Å². The highest BCUT2D eigenvalue weighted by molar-refractivity contribution is 5.46. The standard InChI is InChI=1S/C26H38O2/c1-7-25(28,8-2)16-15-21-11-12-22(17-19(21)5)26(9-3,10-4)23-13-14-24(27)20(6)18-23/h11-14,17-18,27-28H,7-10,15-16H2,1-6H3. The summed E-state index contributed by atoms with van der Waals surface area (Å²) in [6, 6.07) is 12.9. The molecule has 2 nitrogen and oxygen atoms in total. The van der Waals surface area contributed by atoms with Gasteiger partial charge < -0.3 is 10.2 Å². The van der Waals surface area contributed by atoms with Crippen LogP contribution in [0.5, 0.6) is 5.75 Å². The fourth-order valence-corrected chi connectivity index (χ4v) is 4.43. The molecular formula is C26H38O2. The number of phenols is 1. The molecule has 0 aliphatic carbocycles. The van der Waals surface area contributed by atoms with Crippen LogP contribution < -0.4 is 0 Å². The van der Waals surface area contributed by atoms with Crippen molar-refractivity contribution in [3.8, 4) is 5.75 Å². The van der Waals surface area contributed by atoms with Crippen LogP contribution in [0.15, 0.2) is 36.4 Å². The Labute approximate surface area is 171 Å². The zero-order valence-electron chi connectivity index (χ0n) is 18.6. The third kappa shape index (κ3) is 4.43. The lowest BCUT2D eigenvalue weighted by atomic mass is 9.69. The van der Waals surface area contributed by atoms with Crippen LogP contribution in [-0.2, 0) is 11.8 Å². The molecule has 0 amide bonds. The molecule has 2 aromatic carbocycles. The zero-order valence-corrected chi connectivity index (χ0v) is 18.6. The van der Waals surface area contributed by atoms with E-state index >= 15 is 0 Å². The molecule has 0 fully saturated rings. The van der Waals surface area contributed by atoms with E-state index in [0.717, 1.165) is 44.1 Å². The highest BCUT2D eigenvalue weighted by atomic mass is 16.3.